The number of halogens is 3. The highest BCUT2D eigenvalue weighted by atomic mass is 32.1. The van der Waals surface area contributed by atoms with Crippen LogP contribution in [-0.2, 0) is 4.79 Å². The molecular formula is C21H25F3N8O3S. The summed E-state index contributed by atoms with van der Waals surface area (Å²) in [6.07, 6.45) is -1.50. The number of carboxylic acid groups (broad SMARTS) is 1. The zero-order valence-electron chi connectivity index (χ0n) is 19.0. The van der Waals surface area contributed by atoms with Gasteiger partial charge in [0.1, 0.15) is 30.1 Å². The van der Waals surface area contributed by atoms with Gasteiger partial charge in [-0.15, -0.1) is 11.3 Å². The number of fused-ring (bicyclic) bond motifs is 1. The van der Waals surface area contributed by atoms with Gasteiger partial charge in [0, 0.05) is 51.4 Å². The molecule has 0 amide bonds. The first-order valence-electron chi connectivity index (χ1n) is 11.1. The standard InChI is InChI=1S/C19H24N8OS.C2HF3O2/c20-9-13-7-14(28)10-27(13)17-8-16(22-12-23-17)25-2-4-26(5-3-25)19-18-15(1-6-29-18)21-11-24-19;3-2(4,5)1(6)7/h1,6,8,11-14,28H,2-5,7,9-10,20H2;(H,6,7)/t13-,14-;/m1./s1. The summed E-state index contributed by atoms with van der Waals surface area (Å²) in [7, 11) is 0. The van der Waals surface area contributed by atoms with Crippen molar-refractivity contribution in [3.05, 3.63) is 30.2 Å². The van der Waals surface area contributed by atoms with Crippen LogP contribution < -0.4 is 20.4 Å². The number of aliphatic hydroxyl groups excluding tert-OH is 1. The number of anilines is 3. The van der Waals surface area contributed by atoms with Crippen LogP contribution in [0.2, 0.25) is 0 Å². The maximum atomic E-state index is 10.6. The van der Waals surface area contributed by atoms with Crippen molar-refractivity contribution < 1.29 is 28.2 Å². The number of aliphatic carboxylic acids is 1. The number of hydrogen-bond donors (Lipinski definition) is 3. The highest BCUT2D eigenvalue weighted by molar-refractivity contribution is 7.17. The maximum Gasteiger partial charge on any atom is 0.490 e. The largest absolute Gasteiger partial charge is 0.490 e. The van der Waals surface area contributed by atoms with Crippen LogP contribution in [0.15, 0.2) is 30.2 Å². The fraction of sp³-hybridized carbons (Fsp3) is 0.476. The second kappa shape index (κ2) is 10.8. The van der Waals surface area contributed by atoms with Crippen LogP contribution in [0.3, 0.4) is 0 Å². The Morgan fingerprint density at radius 1 is 1.08 bits per heavy atom. The molecule has 3 aromatic rings. The second-order valence-corrected chi connectivity index (χ2v) is 9.19. The van der Waals surface area contributed by atoms with E-state index in [-0.39, 0.29) is 12.1 Å². The Balaban J connectivity index is 0.000000384. The summed E-state index contributed by atoms with van der Waals surface area (Å²) in [4.78, 5) is 33.4. The van der Waals surface area contributed by atoms with E-state index in [0.29, 0.717) is 19.5 Å². The predicted molar refractivity (Wildman–Crippen MR) is 128 cm³/mol. The summed E-state index contributed by atoms with van der Waals surface area (Å²) < 4.78 is 32.9. The van der Waals surface area contributed by atoms with Crippen LogP contribution in [0.1, 0.15) is 6.42 Å². The molecule has 2 atom stereocenters. The molecule has 0 bridgehead atoms. The van der Waals surface area contributed by atoms with Crippen molar-refractivity contribution in [1.82, 2.24) is 19.9 Å². The van der Waals surface area contributed by atoms with Gasteiger partial charge in [-0.25, -0.2) is 24.7 Å². The van der Waals surface area contributed by atoms with Crippen LogP contribution in [0.5, 0.6) is 0 Å². The molecule has 11 nitrogen and oxygen atoms in total. The quantitative estimate of drug-likeness (QED) is 0.453. The van der Waals surface area contributed by atoms with Gasteiger partial charge in [0.25, 0.3) is 0 Å². The third kappa shape index (κ3) is 5.74. The summed E-state index contributed by atoms with van der Waals surface area (Å²) in [5.41, 5.74) is 6.89. The normalized spacial score (nSPS) is 20.4. The molecule has 2 aliphatic heterocycles. The average Bonchev–Trinajstić information content (AvgIpc) is 3.50. The number of carboxylic acids is 1. The molecule has 0 aliphatic carbocycles. The molecule has 0 saturated carbocycles. The maximum absolute atomic E-state index is 10.6. The Morgan fingerprint density at radius 2 is 1.72 bits per heavy atom. The lowest BCUT2D eigenvalue weighted by molar-refractivity contribution is -0.192. The summed E-state index contributed by atoms with van der Waals surface area (Å²) >= 11 is 1.69. The van der Waals surface area contributed by atoms with E-state index >= 15 is 0 Å². The molecule has 36 heavy (non-hydrogen) atoms. The van der Waals surface area contributed by atoms with Crippen LogP contribution in [-0.4, -0.2) is 93.7 Å². The van der Waals surface area contributed by atoms with E-state index in [1.54, 1.807) is 24.0 Å². The highest BCUT2D eigenvalue weighted by Gasteiger charge is 2.38. The first-order chi connectivity index (χ1) is 17.2. The number of aromatic nitrogens is 4. The summed E-state index contributed by atoms with van der Waals surface area (Å²) in [6.45, 7) is 4.53. The van der Waals surface area contributed by atoms with E-state index in [4.69, 9.17) is 15.6 Å². The number of alkyl halides is 3. The Bertz CT molecular complexity index is 1190. The molecule has 2 saturated heterocycles. The van der Waals surface area contributed by atoms with Crippen molar-refractivity contribution in [1.29, 1.82) is 0 Å². The van der Waals surface area contributed by atoms with Crippen molar-refractivity contribution in [3.8, 4) is 0 Å². The molecule has 0 spiro atoms. The molecular weight excluding hydrogens is 501 g/mol. The summed E-state index contributed by atoms with van der Waals surface area (Å²) in [5, 5.41) is 19.2. The zero-order valence-corrected chi connectivity index (χ0v) is 19.9. The van der Waals surface area contributed by atoms with Gasteiger partial charge in [0.15, 0.2) is 0 Å². The van der Waals surface area contributed by atoms with Crippen LogP contribution in [0.25, 0.3) is 10.2 Å². The smallest absolute Gasteiger partial charge is 0.475 e. The van der Waals surface area contributed by atoms with E-state index in [0.717, 1.165) is 53.8 Å². The van der Waals surface area contributed by atoms with Crippen molar-refractivity contribution in [2.75, 3.05) is 54.0 Å². The number of rotatable bonds is 4. The van der Waals surface area contributed by atoms with E-state index in [1.165, 1.54) is 0 Å². The molecule has 5 rings (SSSR count). The molecule has 2 fully saturated rings. The molecule has 0 aromatic carbocycles. The number of carbonyl (C=O) groups is 1. The topological polar surface area (TPSA) is 145 Å². The number of thiophene rings is 1. The Morgan fingerprint density at radius 3 is 2.39 bits per heavy atom. The van der Waals surface area contributed by atoms with E-state index in [9.17, 15) is 18.3 Å². The molecule has 0 unspecified atom stereocenters. The monoisotopic (exact) mass is 526 g/mol. The first-order valence-corrected chi connectivity index (χ1v) is 12.0. The molecule has 0 radical (unpaired) electrons. The number of β-amino-alcohol motifs (C(OH)–C–C–N with tert-alkyl or cyclic N) is 1. The Kier molecular flexibility index (Phi) is 7.70. The molecule has 2 aliphatic rings. The van der Waals surface area contributed by atoms with Gasteiger partial charge in [-0.1, -0.05) is 0 Å². The van der Waals surface area contributed by atoms with Gasteiger partial charge < -0.3 is 30.6 Å². The SMILES string of the molecule is NC[C@H]1C[C@@H](O)CN1c1cc(N2CCN(c3ncnc4ccsc34)CC2)ncn1.O=C(O)C(F)(F)F. The van der Waals surface area contributed by atoms with Crippen molar-refractivity contribution >= 4 is 45.0 Å². The van der Waals surface area contributed by atoms with Crippen molar-refractivity contribution in [2.24, 2.45) is 5.73 Å². The van der Waals surface area contributed by atoms with E-state index < -0.39 is 12.1 Å². The van der Waals surface area contributed by atoms with Crippen molar-refractivity contribution in [3.63, 3.8) is 0 Å². The number of hydrogen-bond acceptors (Lipinski definition) is 11. The van der Waals surface area contributed by atoms with Gasteiger partial charge in [-0.05, 0) is 17.9 Å². The number of piperazine rings is 1. The van der Waals surface area contributed by atoms with Gasteiger partial charge in [-0.2, -0.15) is 13.2 Å². The van der Waals surface area contributed by atoms with Crippen LogP contribution in [0.4, 0.5) is 30.6 Å². The molecule has 4 N–H and O–H groups in total. The van der Waals surface area contributed by atoms with Crippen LogP contribution in [0, 0.1) is 0 Å². The average molecular weight is 527 g/mol. The third-order valence-corrected chi connectivity index (χ3v) is 6.87. The lowest BCUT2D eigenvalue weighted by Crippen LogP contribution is -2.47. The van der Waals surface area contributed by atoms with Crippen LogP contribution >= 0.6 is 11.3 Å². The molecule has 194 valence electrons. The minimum atomic E-state index is -5.08. The van der Waals surface area contributed by atoms with E-state index in [1.807, 2.05) is 12.1 Å². The number of aliphatic hydroxyl groups is 1. The number of nitrogens with zero attached hydrogens (tertiary/aromatic N) is 7. The predicted octanol–water partition coefficient (Wildman–Crippen LogP) is 1.34. The third-order valence-electron chi connectivity index (χ3n) is 5.97. The minimum absolute atomic E-state index is 0.121. The Labute approximate surface area is 208 Å². The molecule has 15 heteroatoms. The van der Waals surface area contributed by atoms with Gasteiger partial charge >= 0.3 is 12.1 Å². The summed E-state index contributed by atoms with van der Waals surface area (Å²) in [5.74, 6) is 0.00802. The summed E-state index contributed by atoms with van der Waals surface area (Å²) in [6, 6.07) is 4.17. The first kappa shape index (κ1) is 25.8. The molecule has 5 heterocycles. The lowest BCUT2D eigenvalue weighted by atomic mass is 10.2. The van der Waals surface area contributed by atoms with Gasteiger partial charge in [0.2, 0.25) is 0 Å². The van der Waals surface area contributed by atoms with E-state index in [2.05, 4.69) is 40.0 Å². The minimum Gasteiger partial charge on any atom is -0.475 e. The Hall–Kier alpha value is -3.30. The number of nitrogens with two attached hydrogens (primary N) is 1. The molecule has 3 aromatic heterocycles. The van der Waals surface area contributed by atoms with Crippen molar-refractivity contribution in [2.45, 2.75) is 24.7 Å². The van der Waals surface area contributed by atoms with Gasteiger partial charge in [0.05, 0.1) is 16.3 Å². The second-order valence-electron chi connectivity index (χ2n) is 8.28. The lowest BCUT2D eigenvalue weighted by Gasteiger charge is -2.36. The highest BCUT2D eigenvalue weighted by Crippen LogP contribution is 2.30. The van der Waals surface area contributed by atoms with Gasteiger partial charge in [-0.3, -0.25) is 0 Å². The zero-order chi connectivity index (χ0) is 25.9. The fourth-order valence-corrected chi connectivity index (χ4v) is 5.07. The fourth-order valence-electron chi connectivity index (χ4n) is 4.21.